The molecular weight excluding hydrogens is 288 g/mol. The molecule has 0 spiro atoms. The Hall–Kier alpha value is -1.24. The molecule has 1 atom stereocenters. The Bertz CT molecular complexity index is 447. The minimum absolute atomic E-state index is 0. The second-order valence-corrected chi connectivity index (χ2v) is 4.86. The lowest BCUT2D eigenvalue weighted by Crippen LogP contribution is -2.37. The van der Waals surface area contributed by atoms with E-state index in [0.29, 0.717) is 11.3 Å². The number of halogens is 1. The number of methoxy groups -OCH3 is 1. The normalized spacial score (nSPS) is 17.4. The van der Waals surface area contributed by atoms with Crippen molar-refractivity contribution in [2.24, 2.45) is 0 Å². The summed E-state index contributed by atoms with van der Waals surface area (Å²) in [5.74, 6) is 1.15. The highest BCUT2D eigenvalue weighted by Gasteiger charge is 2.22. The molecule has 0 saturated carbocycles. The van der Waals surface area contributed by atoms with Crippen LogP contribution in [0.5, 0.6) is 0 Å². The lowest BCUT2D eigenvalue weighted by atomic mass is 10.2. The van der Waals surface area contributed by atoms with Gasteiger partial charge in [0.15, 0.2) is 0 Å². The van der Waals surface area contributed by atoms with Gasteiger partial charge in [-0.3, -0.25) is 10.1 Å². The van der Waals surface area contributed by atoms with Gasteiger partial charge in [0.2, 0.25) is 5.91 Å². The fourth-order valence-electron chi connectivity index (χ4n) is 1.60. The van der Waals surface area contributed by atoms with Crippen LogP contribution in [0.3, 0.4) is 0 Å². The Balaban J connectivity index is 0.00000180. The van der Waals surface area contributed by atoms with Crippen LogP contribution in [0.4, 0.5) is 5.69 Å². The SMILES string of the molecule is COC(=O)c1ccc(NC(=O)C2CSCN2)cc1.Cl. The summed E-state index contributed by atoms with van der Waals surface area (Å²) in [7, 11) is 1.33. The van der Waals surface area contributed by atoms with Crippen LogP contribution >= 0.6 is 24.2 Å². The fourth-order valence-corrected chi connectivity index (χ4v) is 2.54. The van der Waals surface area contributed by atoms with Crippen molar-refractivity contribution < 1.29 is 14.3 Å². The molecule has 7 heteroatoms. The molecule has 0 bridgehead atoms. The van der Waals surface area contributed by atoms with Crippen molar-refractivity contribution in [2.75, 3.05) is 24.1 Å². The number of benzene rings is 1. The van der Waals surface area contributed by atoms with Gasteiger partial charge in [0.25, 0.3) is 0 Å². The van der Waals surface area contributed by atoms with Gasteiger partial charge in [-0.15, -0.1) is 24.2 Å². The molecule has 2 N–H and O–H groups in total. The Morgan fingerprint density at radius 3 is 2.58 bits per heavy atom. The van der Waals surface area contributed by atoms with Crippen molar-refractivity contribution in [1.29, 1.82) is 0 Å². The maximum Gasteiger partial charge on any atom is 0.337 e. The van der Waals surface area contributed by atoms with Crippen LogP contribution in [0.15, 0.2) is 24.3 Å². The van der Waals surface area contributed by atoms with Crippen LogP contribution < -0.4 is 10.6 Å². The van der Waals surface area contributed by atoms with Gasteiger partial charge in [-0.1, -0.05) is 0 Å². The highest BCUT2D eigenvalue weighted by molar-refractivity contribution is 7.99. The van der Waals surface area contributed by atoms with Crippen LogP contribution in [0, 0.1) is 0 Å². The first kappa shape index (κ1) is 15.8. The third-order valence-electron chi connectivity index (χ3n) is 2.61. The van der Waals surface area contributed by atoms with Gasteiger partial charge in [0.05, 0.1) is 18.7 Å². The predicted octanol–water partition coefficient (Wildman–Crippen LogP) is 1.50. The first-order valence-electron chi connectivity index (χ1n) is 5.51. The molecule has 104 valence electrons. The van der Waals surface area contributed by atoms with Gasteiger partial charge in [-0.2, -0.15) is 0 Å². The Kier molecular flexibility index (Phi) is 6.14. The summed E-state index contributed by atoms with van der Waals surface area (Å²) in [5.41, 5.74) is 1.14. The summed E-state index contributed by atoms with van der Waals surface area (Å²) in [6.07, 6.45) is 0. The maximum atomic E-state index is 11.8. The Morgan fingerprint density at radius 1 is 1.37 bits per heavy atom. The molecule has 1 amide bonds. The van der Waals surface area contributed by atoms with Crippen molar-refractivity contribution in [1.82, 2.24) is 5.32 Å². The van der Waals surface area contributed by atoms with E-state index in [-0.39, 0.29) is 30.3 Å². The smallest absolute Gasteiger partial charge is 0.337 e. The summed E-state index contributed by atoms with van der Waals surface area (Å²) < 4.78 is 4.60. The van der Waals surface area contributed by atoms with E-state index in [4.69, 9.17) is 0 Å². The molecule has 19 heavy (non-hydrogen) atoms. The molecule has 0 aliphatic carbocycles. The average molecular weight is 303 g/mol. The molecule has 2 rings (SSSR count). The van der Waals surface area contributed by atoms with E-state index in [2.05, 4.69) is 15.4 Å². The largest absolute Gasteiger partial charge is 0.465 e. The van der Waals surface area contributed by atoms with Crippen molar-refractivity contribution in [3.8, 4) is 0 Å². The molecule has 1 aliphatic rings. The van der Waals surface area contributed by atoms with Gasteiger partial charge in [-0.25, -0.2) is 4.79 Å². The van der Waals surface area contributed by atoms with Crippen molar-refractivity contribution >= 4 is 41.7 Å². The Labute approximate surface area is 121 Å². The first-order valence-corrected chi connectivity index (χ1v) is 6.66. The van der Waals surface area contributed by atoms with E-state index < -0.39 is 0 Å². The van der Waals surface area contributed by atoms with Crippen LogP contribution in [-0.4, -0.2) is 36.7 Å². The summed E-state index contributed by atoms with van der Waals surface area (Å²) in [6.45, 7) is 0. The number of thioether (sulfide) groups is 1. The molecular formula is C12H15ClN2O3S. The molecule has 1 aliphatic heterocycles. The minimum atomic E-state index is -0.387. The zero-order valence-corrected chi connectivity index (χ0v) is 12.0. The molecule has 1 aromatic carbocycles. The number of esters is 1. The molecule has 1 saturated heterocycles. The average Bonchev–Trinajstić information content (AvgIpc) is 2.92. The van der Waals surface area contributed by atoms with Crippen molar-refractivity contribution in [3.63, 3.8) is 0 Å². The number of carbonyl (C=O) groups is 2. The highest BCUT2D eigenvalue weighted by Crippen LogP contribution is 2.14. The maximum absolute atomic E-state index is 11.8. The number of hydrogen-bond donors (Lipinski definition) is 2. The summed E-state index contributed by atoms with van der Waals surface area (Å²) in [6, 6.07) is 6.48. The molecule has 0 radical (unpaired) electrons. The van der Waals surface area contributed by atoms with Crippen LogP contribution in [-0.2, 0) is 9.53 Å². The van der Waals surface area contributed by atoms with Gasteiger partial charge in [-0.05, 0) is 24.3 Å². The molecule has 0 aromatic heterocycles. The van der Waals surface area contributed by atoms with Crippen LogP contribution in [0.25, 0.3) is 0 Å². The van der Waals surface area contributed by atoms with E-state index in [1.54, 1.807) is 36.0 Å². The number of amides is 1. The summed E-state index contributed by atoms with van der Waals surface area (Å²) >= 11 is 1.70. The first-order chi connectivity index (χ1) is 8.70. The standard InChI is InChI=1S/C12H14N2O3S.ClH/c1-17-12(16)8-2-4-9(5-3-8)14-11(15)10-6-18-7-13-10;/h2-5,10,13H,6-7H2,1H3,(H,14,15);1H. The molecule has 1 unspecified atom stereocenters. The Morgan fingerprint density at radius 2 is 2.05 bits per heavy atom. The summed E-state index contributed by atoms with van der Waals surface area (Å²) in [4.78, 5) is 23.0. The lowest BCUT2D eigenvalue weighted by molar-refractivity contribution is -0.117. The molecule has 1 heterocycles. The molecule has 1 aromatic rings. The quantitative estimate of drug-likeness (QED) is 0.828. The van der Waals surface area contributed by atoms with E-state index in [1.165, 1.54) is 7.11 Å². The third-order valence-corrected chi connectivity index (χ3v) is 3.55. The van der Waals surface area contributed by atoms with Gasteiger partial charge in [0.1, 0.15) is 0 Å². The summed E-state index contributed by atoms with van der Waals surface area (Å²) in [5, 5.41) is 5.89. The molecule has 1 fully saturated rings. The number of carbonyl (C=O) groups excluding carboxylic acids is 2. The van der Waals surface area contributed by atoms with E-state index in [1.807, 2.05) is 0 Å². The second-order valence-electron chi connectivity index (χ2n) is 3.83. The lowest BCUT2D eigenvalue weighted by Gasteiger charge is -2.10. The van der Waals surface area contributed by atoms with Gasteiger partial charge >= 0.3 is 5.97 Å². The van der Waals surface area contributed by atoms with Crippen molar-refractivity contribution in [3.05, 3.63) is 29.8 Å². The number of ether oxygens (including phenoxy) is 1. The van der Waals surface area contributed by atoms with Gasteiger partial charge < -0.3 is 10.1 Å². The van der Waals surface area contributed by atoms with Gasteiger partial charge in [0, 0.05) is 17.3 Å². The predicted molar refractivity (Wildman–Crippen MR) is 77.9 cm³/mol. The third kappa shape index (κ3) is 4.12. The highest BCUT2D eigenvalue weighted by atomic mass is 35.5. The van der Waals surface area contributed by atoms with Crippen molar-refractivity contribution in [2.45, 2.75) is 6.04 Å². The number of nitrogens with one attached hydrogen (secondary N) is 2. The number of hydrogen-bond acceptors (Lipinski definition) is 5. The monoisotopic (exact) mass is 302 g/mol. The topological polar surface area (TPSA) is 67.4 Å². The number of rotatable bonds is 3. The van der Waals surface area contributed by atoms with Crippen LogP contribution in [0.2, 0.25) is 0 Å². The zero-order chi connectivity index (χ0) is 13.0. The van der Waals surface area contributed by atoms with E-state index in [9.17, 15) is 9.59 Å². The van der Waals surface area contributed by atoms with E-state index in [0.717, 1.165) is 11.6 Å². The van der Waals surface area contributed by atoms with E-state index >= 15 is 0 Å². The molecule has 5 nitrogen and oxygen atoms in total. The van der Waals surface area contributed by atoms with Crippen LogP contribution in [0.1, 0.15) is 10.4 Å². The number of anilines is 1. The second kappa shape index (κ2) is 7.37. The fraction of sp³-hybridized carbons (Fsp3) is 0.333. The zero-order valence-electron chi connectivity index (χ0n) is 10.3. The minimum Gasteiger partial charge on any atom is -0.465 e.